The van der Waals surface area contributed by atoms with Gasteiger partial charge < -0.3 is 15.0 Å². The van der Waals surface area contributed by atoms with Gasteiger partial charge in [-0.3, -0.25) is 0 Å². The first-order valence-corrected chi connectivity index (χ1v) is 7.60. The Bertz CT molecular complexity index is 477. The lowest BCUT2D eigenvalue weighted by molar-refractivity contribution is 0.277. The topological polar surface area (TPSA) is 85.4 Å². The van der Waals surface area contributed by atoms with Gasteiger partial charge in [0.1, 0.15) is 0 Å². The van der Waals surface area contributed by atoms with Crippen LogP contribution in [0.5, 0.6) is 0 Å². The molecule has 7 heteroatoms. The third-order valence-electron chi connectivity index (χ3n) is 3.12. The lowest BCUT2D eigenvalue weighted by Gasteiger charge is -2.14. The Morgan fingerprint density at radius 1 is 1.39 bits per heavy atom. The molecule has 0 bridgehead atoms. The Morgan fingerprint density at radius 2 is 2.11 bits per heavy atom. The molecule has 0 atom stereocenters. The molecule has 0 aromatic carbocycles. The maximum Gasteiger partial charge on any atom is 0.242 e. The minimum Gasteiger partial charge on any atom is -0.390 e. The Kier molecular flexibility index (Phi) is 4.39. The molecule has 1 saturated heterocycles. The average molecular weight is 273 g/mol. The number of aromatic nitrogens is 1. The molecule has 1 aliphatic heterocycles. The highest BCUT2D eigenvalue weighted by Crippen LogP contribution is 2.10. The molecule has 3 N–H and O–H groups in total. The maximum absolute atomic E-state index is 11.9. The number of hydrogen-bond donors (Lipinski definition) is 3. The minimum atomic E-state index is -3.46. The van der Waals surface area contributed by atoms with Crippen molar-refractivity contribution >= 4 is 10.0 Å². The van der Waals surface area contributed by atoms with Crippen LogP contribution >= 0.6 is 0 Å². The molecule has 0 amide bonds. The minimum absolute atomic E-state index is 0.174. The van der Waals surface area contributed by atoms with Gasteiger partial charge in [0.05, 0.1) is 11.5 Å². The summed E-state index contributed by atoms with van der Waals surface area (Å²) in [5, 5.41) is 8.88. The third kappa shape index (κ3) is 3.32. The van der Waals surface area contributed by atoms with Crippen molar-refractivity contribution in [2.24, 2.45) is 0 Å². The van der Waals surface area contributed by atoms with Crippen LogP contribution in [-0.4, -0.2) is 49.6 Å². The second-order valence-electron chi connectivity index (χ2n) is 4.47. The van der Waals surface area contributed by atoms with Crippen molar-refractivity contribution < 1.29 is 13.5 Å². The van der Waals surface area contributed by atoms with E-state index in [4.69, 9.17) is 5.11 Å². The van der Waals surface area contributed by atoms with E-state index in [9.17, 15) is 8.42 Å². The van der Waals surface area contributed by atoms with Crippen molar-refractivity contribution in [3.63, 3.8) is 0 Å². The summed E-state index contributed by atoms with van der Waals surface area (Å²) < 4.78 is 26.4. The van der Waals surface area contributed by atoms with Crippen LogP contribution in [0.4, 0.5) is 0 Å². The van der Waals surface area contributed by atoms with Crippen LogP contribution < -0.4 is 4.72 Å². The second kappa shape index (κ2) is 5.83. The number of sulfonamides is 1. The number of H-pyrrole nitrogens is 1. The van der Waals surface area contributed by atoms with Gasteiger partial charge in [-0.2, -0.15) is 0 Å². The van der Waals surface area contributed by atoms with E-state index in [1.165, 1.54) is 25.1 Å². The molecule has 1 aliphatic rings. The fraction of sp³-hybridized carbons (Fsp3) is 0.636. The Morgan fingerprint density at radius 3 is 2.72 bits per heavy atom. The van der Waals surface area contributed by atoms with E-state index >= 15 is 0 Å². The van der Waals surface area contributed by atoms with E-state index in [0.29, 0.717) is 12.2 Å². The van der Waals surface area contributed by atoms with Crippen molar-refractivity contribution in [2.75, 3.05) is 26.2 Å². The van der Waals surface area contributed by atoms with Crippen molar-refractivity contribution in [3.05, 3.63) is 18.0 Å². The molecule has 1 aromatic heterocycles. The van der Waals surface area contributed by atoms with Crippen LogP contribution in [0.2, 0.25) is 0 Å². The van der Waals surface area contributed by atoms with Crippen LogP contribution in [0, 0.1) is 0 Å². The first-order chi connectivity index (χ1) is 8.62. The van der Waals surface area contributed by atoms with Crippen LogP contribution in [0.1, 0.15) is 18.5 Å². The summed E-state index contributed by atoms with van der Waals surface area (Å²) in [5.41, 5.74) is 0.495. The van der Waals surface area contributed by atoms with Crippen molar-refractivity contribution in [3.8, 4) is 0 Å². The van der Waals surface area contributed by atoms with E-state index in [0.717, 1.165) is 19.6 Å². The van der Waals surface area contributed by atoms with Crippen LogP contribution in [0.3, 0.4) is 0 Å². The highest BCUT2D eigenvalue weighted by Gasteiger charge is 2.17. The quantitative estimate of drug-likeness (QED) is 0.674. The number of likely N-dealkylation sites (tertiary alicyclic amines) is 1. The zero-order chi connectivity index (χ0) is 13.0. The SMILES string of the molecule is O=S(=O)(NCCN1CCCC1)c1c[nH]c(CO)c1. The van der Waals surface area contributed by atoms with Gasteiger partial charge in [-0.1, -0.05) is 0 Å². The molecule has 2 heterocycles. The van der Waals surface area contributed by atoms with Gasteiger partial charge in [0, 0.05) is 25.0 Å². The zero-order valence-electron chi connectivity index (χ0n) is 10.2. The van der Waals surface area contributed by atoms with E-state index in [1.807, 2.05) is 0 Å². The van der Waals surface area contributed by atoms with Crippen molar-refractivity contribution in [1.82, 2.24) is 14.6 Å². The Hall–Kier alpha value is -0.890. The van der Waals surface area contributed by atoms with Gasteiger partial charge in [0.25, 0.3) is 0 Å². The number of nitrogens with one attached hydrogen (secondary N) is 2. The lowest BCUT2D eigenvalue weighted by atomic mass is 10.4. The predicted molar refractivity (Wildman–Crippen MR) is 67.6 cm³/mol. The summed E-state index contributed by atoms with van der Waals surface area (Å²) in [6.45, 7) is 3.09. The van der Waals surface area contributed by atoms with Crippen molar-refractivity contribution in [2.45, 2.75) is 24.3 Å². The van der Waals surface area contributed by atoms with Gasteiger partial charge in [-0.05, 0) is 32.0 Å². The monoisotopic (exact) mass is 273 g/mol. The summed E-state index contributed by atoms with van der Waals surface area (Å²) in [7, 11) is -3.46. The molecule has 2 rings (SSSR count). The molecule has 0 saturated carbocycles. The number of aromatic amines is 1. The van der Waals surface area contributed by atoms with Crippen molar-refractivity contribution in [1.29, 1.82) is 0 Å². The molecule has 0 unspecified atom stereocenters. The first-order valence-electron chi connectivity index (χ1n) is 6.12. The number of aliphatic hydroxyl groups excluding tert-OH is 1. The predicted octanol–water partition coefficient (Wildman–Crippen LogP) is -0.119. The summed E-state index contributed by atoms with van der Waals surface area (Å²) in [5.74, 6) is 0. The first kappa shape index (κ1) is 13.5. The van der Waals surface area contributed by atoms with E-state index in [-0.39, 0.29) is 11.5 Å². The van der Waals surface area contributed by atoms with E-state index in [2.05, 4.69) is 14.6 Å². The molecule has 18 heavy (non-hydrogen) atoms. The summed E-state index contributed by atoms with van der Waals surface area (Å²) in [6, 6.07) is 1.44. The summed E-state index contributed by atoms with van der Waals surface area (Å²) in [4.78, 5) is 5.14. The molecule has 102 valence electrons. The molecule has 0 spiro atoms. The highest BCUT2D eigenvalue weighted by atomic mass is 32.2. The highest BCUT2D eigenvalue weighted by molar-refractivity contribution is 7.89. The summed E-state index contributed by atoms with van der Waals surface area (Å²) >= 11 is 0. The van der Waals surface area contributed by atoms with Gasteiger partial charge in [-0.15, -0.1) is 0 Å². The zero-order valence-corrected chi connectivity index (χ0v) is 11.0. The molecular formula is C11H19N3O3S. The van der Waals surface area contributed by atoms with E-state index in [1.54, 1.807) is 0 Å². The fourth-order valence-corrected chi connectivity index (χ4v) is 3.13. The van der Waals surface area contributed by atoms with Gasteiger partial charge in [-0.25, -0.2) is 13.1 Å². The maximum atomic E-state index is 11.9. The normalized spacial score (nSPS) is 17.4. The van der Waals surface area contributed by atoms with Gasteiger partial charge in [0.2, 0.25) is 10.0 Å². The number of aliphatic hydroxyl groups is 1. The number of hydrogen-bond acceptors (Lipinski definition) is 4. The van der Waals surface area contributed by atoms with E-state index < -0.39 is 10.0 Å². The van der Waals surface area contributed by atoms with Gasteiger partial charge >= 0.3 is 0 Å². The number of rotatable bonds is 6. The molecule has 1 aromatic rings. The van der Waals surface area contributed by atoms with Crippen LogP contribution in [0.25, 0.3) is 0 Å². The Balaban J connectivity index is 1.86. The molecule has 1 fully saturated rings. The largest absolute Gasteiger partial charge is 0.390 e. The summed E-state index contributed by atoms with van der Waals surface area (Å²) in [6.07, 6.45) is 3.79. The third-order valence-corrected chi connectivity index (χ3v) is 4.56. The second-order valence-corrected chi connectivity index (χ2v) is 6.23. The average Bonchev–Trinajstić information content (AvgIpc) is 2.99. The Labute approximate surface area is 107 Å². The van der Waals surface area contributed by atoms with Gasteiger partial charge in [0.15, 0.2) is 0 Å². The molecule has 6 nitrogen and oxygen atoms in total. The van der Waals surface area contributed by atoms with Crippen LogP contribution in [-0.2, 0) is 16.6 Å². The molecular weight excluding hydrogens is 254 g/mol. The lowest BCUT2D eigenvalue weighted by Crippen LogP contribution is -2.33. The standard InChI is InChI=1S/C11H19N3O3S/c15-9-10-7-11(8-12-10)18(16,17)13-3-6-14-4-1-2-5-14/h7-8,12-13,15H,1-6,9H2. The number of nitrogens with zero attached hydrogens (tertiary/aromatic N) is 1. The van der Waals surface area contributed by atoms with Crippen LogP contribution in [0.15, 0.2) is 17.2 Å². The fourth-order valence-electron chi connectivity index (χ4n) is 2.09. The molecule has 0 radical (unpaired) electrons. The smallest absolute Gasteiger partial charge is 0.242 e. The molecule has 0 aliphatic carbocycles.